The molecule has 4 bridgehead atoms. The van der Waals surface area contributed by atoms with Crippen LogP contribution in [0.1, 0.15) is 96.3 Å². The van der Waals surface area contributed by atoms with E-state index < -0.39 is 0 Å². The van der Waals surface area contributed by atoms with Crippen LogP contribution in [0.15, 0.2) is 0 Å². The maximum atomic E-state index is 6.24. The molecule has 1 N–H and O–H groups in total. The molecule has 3 aliphatic heterocycles. The average Bonchev–Trinajstić information content (AvgIpc) is 3.37. The molecule has 162 valence electrons. The lowest BCUT2D eigenvalue weighted by Crippen LogP contribution is -2.32. The Morgan fingerprint density at radius 1 is 0.750 bits per heavy atom. The van der Waals surface area contributed by atoms with Gasteiger partial charge in [-0.1, -0.05) is 38.5 Å². The van der Waals surface area contributed by atoms with Gasteiger partial charge in [0.15, 0.2) is 0 Å². The summed E-state index contributed by atoms with van der Waals surface area (Å²) in [7, 11) is 0. The maximum Gasteiger partial charge on any atom is 0.0762 e. The summed E-state index contributed by atoms with van der Waals surface area (Å²) in [6.07, 6.45) is 21.9. The van der Waals surface area contributed by atoms with Crippen LogP contribution >= 0.6 is 12.0 Å². The quantitative estimate of drug-likeness (QED) is 0.513. The highest BCUT2D eigenvalue weighted by Gasteiger charge is 2.36. The molecule has 3 saturated heterocycles. The molecule has 0 radical (unpaired) electrons. The number of nitrogens with zero attached hydrogens (tertiary/aromatic N) is 1. The van der Waals surface area contributed by atoms with Crippen LogP contribution in [0.25, 0.3) is 0 Å². The summed E-state index contributed by atoms with van der Waals surface area (Å²) in [6.45, 7) is 5.09. The van der Waals surface area contributed by atoms with Gasteiger partial charge in [0.25, 0.3) is 0 Å². The first-order valence-electron chi connectivity index (χ1n) is 12.7. The number of hydrogen-bond donors (Lipinski definition) is 1. The van der Waals surface area contributed by atoms with Crippen molar-refractivity contribution in [1.29, 1.82) is 0 Å². The van der Waals surface area contributed by atoms with Gasteiger partial charge in [-0.15, -0.1) is 0 Å². The molecule has 5 atom stereocenters. The summed E-state index contributed by atoms with van der Waals surface area (Å²) >= 11 is 1.79. The van der Waals surface area contributed by atoms with Crippen LogP contribution in [0.2, 0.25) is 0 Å². The minimum Gasteiger partial charge on any atom is -0.316 e. The molecule has 0 aromatic heterocycles. The molecule has 1 saturated carbocycles. The lowest BCUT2D eigenvalue weighted by molar-refractivity contribution is 0.109. The Hall–Kier alpha value is 0.230. The van der Waals surface area contributed by atoms with Crippen molar-refractivity contribution in [1.82, 2.24) is 10.2 Å². The van der Waals surface area contributed by atoms with Crippen molar-refractivity contribution in [3.05, 3.63) is 0 Å². The van der Waals surface area contributed by atoms with Gasteiger partial charge in [0.1, 0.15) is 0 Å². The molecular weight excluding hydrogens is 364 g/mol. The van der Waals surface area contributed by atoms with E-state index in [0.29, 0.717) is 11.4 Å². The lowest BCUT2D eigenvalue weighted by Gasteiger charge is -2.33. The normalized spacial score (nSPS) is 40.1. The molecule has 0 amide bonds. The monoisotopic (exact) mass is 408 g/mol. The van der Waals surface area contributed by atoms with Crippen molar-refractivity contribution in [3.8, 4) is 0 Å². The molecule has 5 unspecified atom stereocenters. The van der Waals surface area contributed by atoms with Crippen LogP contribution in [0, 0.1) is 11.8 Å². The fourth-order valence-corrected chi connectivity index (χ4v) is 7.28. The van der Waals surface area contributed by atoms with E-state index in [2.05, 4.69) is 10.2 Å². The average molecular weight is 409 g/mol. The number of rotatable bonds is 0. The summed E-state index contributed by atoms with van der Waals surface area (Å²) in [5, 5.41) is 4.39. The Morgan fingerprint density at radius 2 is 1.61 bits per heavy atom. The fraction of sp³-hybridized carbons (Fsp3) is 1.00. The Kier molecular flexibility index (Phi) is 8.87. The van der Waals surface area contributed by atoms with Gasteiger partial charge in [-0.05, 0) is 101 Å². The standard InChI is InChI=1S/C24H44N2OS/c1-2-4-6-15-26-16-8-11-22(26)13-12-20-9-7-10-21(17-20)24-18-23(28-27-24)19-25-14-5-3-1/h20-25H,1-19H2. The van der Waals surface area contributed by atoms with Crippen LogP contribution in [-0.2, 0) is 4.18 Å². The smallest absolute Gasteiger partial charge is 0.0762 e. The lowest BCUT2D eigenvalue weighted by atomic mass is 9.75. The highest BCUT2D eigenvalue weighted by molar-refractivity contribution is 7.95. The number of fused-ring (bicyclic) bond motifs is 6. The van der Waals surface area contributed by atoms with Crippen molar-refractivity contribution in [2.24, 2.45) is 11.8 Å². The Labute approximate surface area is 178 Å². The first-order valence-corrected chi connectivity index (χ1v) is 13.5. The van der Waals surface area contributed by atoms with Crippen LogP contribution in [0.4, 0.5) is 0 Å². The largest absolute Gasteiger partial charge is 0.316 e. The molecule has 28 heavy (non-hydrogen) atoms. The first kappa shape index (κ1) is 21.5. The van der Waals surface area contributed by atoms with E-state index in [1.165, 1.54) is 116 Å². The minimum atomic E-state index is 0.535. The molecule has 0 spiro atoms. The second kappa shape index (κ2) is 11.6. The molecule has 3 heterocycles. The zero-order valence-corrected chi connectivity index (χ0v) is 18.9. The highest BCUT2D eigenvalue weighted by Crippen LogP contribution is 2.42. The molecule has 0 aromatic carbocycles. The summed E-state index contributed by atoms with van der Waals surface area (Å²) in [5.74, 6) is 1.80. The molecule has 0 aromatic rings. The van der Waals surface area contributed by atoms with E-state index in [4.69, 9.17) is 4.18 Å². The third-order valence-electron chi connectivity index (χ3n) is 7.99. The summed E-state index contributed by atoms with van der Waals surface area (Å²) in [4.78, 5) is 2.85. The molecule has 4 rings (SSSR count). The number of nitrogens with one attached hydrogen (secondary N) is 1. The van der Waals surface area contributed by atoms with E-state index in [9.17, 15) is 0 Å². The highest BCUT2D eigenvalue weighted by atomic mass is 32.2. The van der Waals surface area contributed by atoms with Crippen LogP contribution in [0.3, 0.4) is 0 Å². The molecule has 1 aliphatic carbocycles. The minimum absolute atomic E-state index is 0.535. The molecular formula is C24H44N2OS. The van der Waals surface area contributed by atoms with E-state index in [-0.39, 0.29) is 0 Å². The predicted octanol–water partition coefficient (Wildman–Crippen LogP) is 5.79. The van der Waals surface area contributed by atoms with Gasteiger partial charge in [-0.2, -0.15) is 0 Å². The summed E-state index contributed by atoms with van der Waals surface area (Å²) in [6, 6.07) is 0.903. The van der Waals surface area contributed by atoms with Gasteiger partial charge in [-0.25, -0.2) is 0 Å². The Bertz CT molecular complexity index is 448. The third-order valence-corrected chi connectivity index (χ3v) is 8.98. The van der Waals surface area contributed by atoms with Crippen LogP contribution in [0.5, 0.6) is 0 Å². The van der Waals surface area contributed by atoms with E-state index in [0.717, 1.165) is 24.4 Å². The molecule has 4 heteroatoms. The van der Waals surface area contributed by atoms with Gasteiger partial charge in [-0.3, -0.25) is 0 Å². The zero-order valence-electron chi connectivity index (χ0n) is 18.1. The predicted molar refractivity (Wildman–Crippen MR) is 121 cm³/mol. The summed E-state index contributed by atoms with van der Waals surface area (Å²) < 4.78 is 6.24. The first-order chi connectivity index (χ1) is 13.9. The van der Waals surface area contributed by atoms with Crippen molar-refractivity contribution >= 4 is 12.0 Å². The third kappa shape index (κ3) is 6.36. The van der Waals surface area contributed by atoms with Crippen LogP contribution in [-0.4, -0.2) is 48.5 Å². The molecule has 4 fully saturated rings. The maximum absolute atomic E-state index is 6.24. The van der Waals surface area contributed by atoms with Crippen LogP contribution < -0.4 is 5.32 Å². The van der Waals surface area contributed by atoms with Crippen molar-refractivity contribution in [2.75, 3.05) is 26.2 Å². The van der Waals surface area contributed by atoms with Gasteiger partial charge in [0, 0.05) is 17.8 Å². The second-order valence-corrected chi connectivity index (χ2v) is 11.2. The van der Waals surface area contributed by atoms with E-state index >= 15 is 0 Å². The van der Waals surface area contributed by atoms with Gasteiger partial charge < -0.3 is 14.4 Å². The Balaban J connectivity index is 1.30. The zero-order chi connectivity index (χ0) is 19.0. The van der Waals surface area contributed by atoms with E-state index in [1.807, 2.05) is 0 Å². The fourth-order valence-electron chi connectivity index (χ4n) is 6.29. The topological polar surface area (TPSA) is 24.5 Å². The Morgan fingerprint density at radius 3 is 2.57 bits per heavy atom. The van der Waals surface area contributed by atoms with Gasteiger partial charge >= 0.3 is 0 Å². The number of hydrogen-bond acceptors (Lipinski definition) is 4. The van der Waals surface area contributed by atoms with Gasteiger partial charge in [0.2, 0.25) is 0 Å². The van der Waals surface area contributed by atoms with Crippen molar-refractivity contribution < 1.29 is 4.18 Å². The second-order valence-electron chi connectivity index (χ2n) is 10.1. The van der Waals surface area contributed by atoms with E-state index in [1.54, 1.807) is 12.0 Å². The summed E-state index contributed by atoms with van der Waals surface area (Å²) in [5.41, 5.74) is 0. The SMILES string of the molecule is C1CCCCN2CCCC2CCC2CCCC(C2)C2CC(CNCCC1)SO2. The van der Waals surface area contributed by atoms with Crippen molar-refractivity contribution in [3.63, 3.8) is 0 Å². The molecule has 4 aliphatic rings. The van der Waals surface area contributed by atoms with Gasteiger partial charge in [0.05, 0.1) is 6.10 Å². The van der Waals surface area contributed by atoms with Crippen molar-refractivity contribution in [2.45, 2.75) is 114 Å². The molecule has 3 nitrogen and oxygen atoms in total.